The Morgan fingerprint density at radius 1 is 1.15 bits per heavy atom. The first-order valence-corrected chi connectivity index (χ1v) is 8.39. The highest BCUT2D eigenvalue weighted by Gasteiger charge is 2.17. The van der Waals surface area contributed by atoms with Gasteiger partial charge in [0.2, 0.25) is 0 Å². The number of para-hydroxylation sites is 1. The van der Waals surface area contributed by atoms with E-state index in [1.54, 1.807) is 12.1 Å². The molecule has 26 heavy (non-hydrogen) atoms. The highest BCUT2D eigenvalue weighted by atomic mass is 19.1. The van der Waals surface area contributed by atoms with Crippen molar-refractivity contribution in [1.82, 2.24) is 10.3 Å². The van der Waals surface area contributed by atoms with Crippen LogP contribution in [0.1, 0.15) is 16.9 Å². The molecule has 134 valence electrons. The van der Waals surface area contributed by atoms with E-state index >= 15 is 0 Å². The topological polar surface area (TPSA) is 58.4 Å². The van der Waals surface area contributed by atoms with Crippen molar-refractivity contribution in [2.45, 2.75) is 6.42 Å². The number of oxazole rings is 1. The molecule has 1 heterocycles. The van der Waals surface area contributed by atoms with Crippen LogP contribution in [0.4, 0.5) is 10.1 Å². The van der Waals surface area contributed by atoms with Gasteiger partial charge in [-0.3, -0.25) is 4.79 Å². The highest BCUT2D eigenvalue weighted by Crippen LogP contribution is 2.23. The maximum Gasteiger partial charge on any atom is 0.273 e. The molecule has 5 nitrogen and oxygen atoms in total. The van der Waals surface area contributed by atoms with E-state index in [4.69, 9.17) is 4.42 Å². The largest absolute Gasteiger partial charge is 0.443 e. The molecule has 1 amide bonds. The summed E-state index contributed by atoms with van der Waals surface area (Å²) in [5.74, 6) is -0.314. The first-order chi connectivity index (χ1) is 12.6. The van der Waals surface area contributed by atoms with Gasteiger partial charge in [-0.2, -0.15) is 0 Å². The molecule has 0 atom stereocenters. The van der Waals surface area contributed by atoms with Crippen LogP contribution in [0.25, 0.3) is 11.3 Å². The molecule has 0 fully saturated rings. The normalized spacial score (nSPS) is 10.5. The first kappa shape index (κ1) is 17.7. The number of aromatic nitrogens is 1. The summed E-state index contributed by atoms with van der Waals surface area (Å²) in [7, 11) is 2.02. The molecule has 0 saturated heterocycles. The lowest BCUT2D eigenvalue weighted by atomic mass is 10.1. The molecule has 3 aromatic rings. The Morgan fingerprint density at radius 2 is 1.88 bits per heavy atom. The Balaban J connectivity index is 1.53. The lowest BCUT2D eigenvalue weighted by molar-refractivity contribution is 0.0949. The number of rotatable bonds is 7. The van der Waals surface area contributed by atoms with Gasteiger partial charge in [0.15, 0.2) is 17.8 Å². The van der Waals surface area contributed by atoms with E-state index < -0.39 is 0 Å². The molecular formula is C20H20FN3O2. The molecular weight excluding hydrogens is 333 g/mol. The molecule has 2 aromatic carbocycles. The van der Waals surface area contributed by atoms with Crippen LogP contribution in [-0.4, -0.2) is 31.0 Å². The lowest BCUT2D eigenvalue weighted by Crippen LogP contribution is -2.28. The van der Waals surface area contributed by atoms with Gasteiger partial charge in [-0.1, -0.05) is 18.2 Å². The Bertz CT molecular complexity index is 847. The number of carbonyl (C=O) groups excluding carboxylic acids is 1. The van der Waals surface area contributed by atoms with Crippen LogP contribution in [0.5, 0.6) is 0 Å². The quantitative estimate of drug-likeness (QED) is 0.658. The second kappa shape index (κ2) is 8.29. The van der Waals surface area contributed by atoms with Crippen molar-refractivity contribution < 1.29 is 13.6 Å². The van der Waals surface area contributed by atoms with Crippen LogP contribution in [0.2, 0.25) is 0 Å². The first-order valence-electron chi connectivity index (χ1n) is 8.39. The minimum Gasteiger partial charge on any atom is -0.443 e. The summed E-state index contributed by atoms with van der Waals surface area (Å²) in [6, 6.07) is 15.8. The number of nitrogens with zero attached hydrogens (tertiary/aromatic N) is 2. The van der Waals surface area contributed by atoms with Crippen LogP contribution in [0.15, 0.2) is 65.4 Å². The number of halogens is 1. The third kappa shape index (κ3) is 4.27. The average Bonchev–Trinajstić information content (AvgIpc) is 3.16. The van der Waals surface area contributed by atoms with E-state index in [9.17, 15) is 9.18 Å². The van der Waals surface area contributed by atoms with E-state index in [-0.39, 0.29) is 17.4 Å². The second-order valence-electron chi connectivity index (χ2n) is 5.90. The molecule has 0 aliphatic rings. The van der Waals surface area contributed by atoms with E-state index in [0.717, 1.165) is 18.7 Å². The molecule has 0 radical (unpaired) electrons. The number of amides is 1. The standard InChI is InChI=1S/C20H20FN3O2/c1-24(17-6-3-2-4-7-17)13-5-12-22-20(25)18-19(26-14-23-18)15-8-10-16(21)11-9-15/h2-4,6-11,14H,5,12-13H2,1H3,(H,22,25). The predicted molar refractivity (Wildman–Crippen MR) is 98.6 cm³/mol. The summed E-state index contributed by atoms with van der Waals surface area (Å²) >= 11 is 0. The van der Waals surface area contributed by atoms with Gasteiger partial charge in [0.25, 0.3) is 5.91 Å². The van der Waals surface area contributed by atoms with Crippen molar-refractivity contribution in [1.29, 1.82) is 0 Å². The minimum atomic E-state index is -0.346. The van der Waals surface area contributed by atoms with Crippen molar-refractivity contribution in [3.63, 3.8) is 0 Å². The molecule has 1 N–H and O–H groups in total. The summed E-state index contributed by atoms with van der Waals surface area (Å²) in [6.45, 7) is 1.33. The average molecular weight is 353 g/mol. The lowest BCUT2D eigenvalue weighted by Gasteiger charge is -2.19. The van der Waals surface area contributed by atoms with Gasteiger partial charge in [0.05, 0.1) is 0 Å². The Morgan fingerprint density at radius 3 is 2.62 bits per heavy atom. The maximum absolute atomic E-state index is 13.1. The van der Waals surface area contributed by atoms with Gasteiger partial charge in [0, 0.05) is 31.4 Å². The van der Waals surface area contributed by atoms with E-state index in [0.29, 0.717) is 17.9 Å². The van der Waals surface area contributed by atoms with Crippen molar-refractivity contribution in [2.24, 2.45) is 0 Å². The van der Waals surface area contributed by atoms with Crippen molar-refractivity contribution >= 4 is 11.6 Å². The number of benzene rings is 2. The van der Waals surface area contributed by atoms with Gasteiger partial charge >= 0.3 is 0 Å². The van der Waals surface area contributed by atoms with Crippen LogP contribution in [0, 0.1) is 5.82 Å². The van der Waals surface area contributed by atoms with E-state index in [2.05, 4.69) is 15.2 Å². The summed E-state index contributed by atoms with van der Waals surface area (Å²) in [4.78, 5) is 18.5. The monoisotopic (exact) mass is 353 g/mol. The van der Waals surface area contributed by atoms with Gasteiger partial charge in [-0.15, -0.1) is 0 Å². The fourth-order valence-corrected chi connectivity index (χ4v) is 2.63. The second-order valence-corrected chi connectivity index (χ2v) is 5.90. The number of hydrogen-bond donors (Lipinski definition) is 1. The molecule has 0 bridgehead atoms. The Labute approximate surface area is 151 Å². The molecule has 0 spiro atoms. The Kier molecular flexibility index (Phi) is 5.63. The zero-order chi connectivity index (χ0) is 18.4. The number of nitrogens with one attached hydrogen (secondary N) is 1. The predicted octanol–water partition coefficient (Wildman–Crippen LogP) is 3.74. The molecule has 0 unspecified atom stereocenters. The van der Waals surface area contributed by atoms with Gasteiger partial charge in [-0.25, -0.2) is 9.37 Å². The van der Waals surface area contributed by atoms with Crippen LogP contribution in [0.3, 0.4) is 0 Å². The molecule has 1 aromatic heterocycles. The van der Waals surface area contributed by atoms with Crippen molar-refractivity contribution in [3.05, 3.63) is 72.5 Å². The highest BCUT2D eigenvalue weighted by molar-refractivity contribution is 5.97. The third-order valence-electron chi connectivity index (χ3n) is 4.04. The Hall–Kier alpha value is -3.15. The van der Waals surface area contributed by atoms with Crippen molar-refractivity contribution in [3.8, 4) is 11.3 Å². The smallest absolute Gasteiger partial charge is 0.273 e. The van der Waals surface area contributed by atoms with Gasteiger partial charge < -0.3 is 14.6 Å². The summed E-state index contributed by atoms with van der Waals surface area (Å²) in [5.41, 5.74) is 1.94. The maximum atomic E-state index is 13.1. The number of anilines is 1. The zero-order valence-corrected chi connectivity index (χ0v) is 14.5. The molecule has 0 aliphatic carbocycles. The number of hydrogen-bond acceptors (Lipinski definition) is 4. The molecule has 0 aliphatic heterocycles. The van der Waals surface area contributed by atoms with Gasteiger partial charge in [0.1, 0.15) is 5.82 Å². The van der Waals surface area contributed by atoms with E-state index in [1.807, 2.05) is 37.4 Å². The third-order valence-corrected chi connectivity index (χ3v) is 4.04. The summed E-state index contributed by atoms with van der Waals surface area (Å²) in [5, 5.41) is 2.85. The fraction of sp³-hybridized carbons (Fsp3) is 0.200. The van der Waals surface area contributed by atoms with Crippen LogP contribution < -0.4 is 10.2 Å². The molecule has 3 rings (SSSR count). The number of carbonyl (C=O) groups is 1. The van der Waals surface area contributed by atoms with Crippen molar-refractivity contribution in [2.75, 3.05) is 25.0 Å². The van der Waals surface area contributed by atoms with Crippen LogP contribution >= 0.6 is 0 Å². The molecule has 0 saturated carbocycles. The summed E-state index contributed by atoms with van der Waals surface area (Å²) in [6.07, 6.45) is 2.01. The van der Waals surface area contributed by atoms with Crippen LogP contribution in [-0.2, 0) is 0 Å². The van der Waals surface area contributed by atoms with E-state index in [1.165, 1.54) is 18.5 Å². The van der Waals surface area contributed by atoms with Gasteiger partial charge in [-0.05, 0) is 42.8 Å². The fourth-order valence-electron chi connectivity index (χ4n) is 2.63. The SMILES string of the molecule is CN(CCCNC(=O)c1ncoc1-c1ccc(F)cc1)c1ccccc1. The molecule has 6 heteroatoms. The summed E-state index contributed by atoms with van der Waals surface area (Å²) < 4.78 is 18.4. The zero-order valence-electron chi connectivity index (χ0n) is 14.5. The minimum absolute atomic E-state index is 0.202.